The van der Waals surface area contributed by atoms with Gasteiger partial charge in [0.15, 0.2) is 0 Å². The SMILES string of the molecule is CC(N)c1ccc(OCc2ccccc2F)cc1F. The van der Waals surface area contributed by atoms with E-state index in [1.165, 1.54) is 12.1 Å². The number of halogens is 2. The van der Waals surface area contributed by atoms with Crippen molar-refractivity contribution < 1.29 is 13.5 Å². The van der Waals surface area contributed by atoms with Crippen molar-refractivity contribution in [1.29, 1.82) is 0 Å². The van der Waals surface area contributed by atoms with Crippen molar-refractivity contribution in [1.82, 2.24) is 0 Å². The molecule has 0 aliphatic carbocycles. The van der Waals surface area contributed by atoms with E-state index in [1.807, 2.05) is 0 Å². The second-order valence-electron chi connectivity index (χ2n) is 4.35. The lowest BCUT2D eigenvalue weighted by Gasteiger charge is -2.10. The zero-order chi connectivity index (χ0) is 13.8. The smallest absolute Gasteiger partial charge is 0.131 e. The number of nitrogens with two attached hydrogens (primary N) is 1. The first-order chi connectivity index (χ1) is 9.08. The molecule has 2 aromatic rings. The highest BCUT2D eigenvalue weighted by molar-refractivity contribution is 5.31. The Balaban J connectivity index is 2.08. The van der Waals surface area contributed by atoms with E-state index in [1.54, 1.807) is 37.3 Å². The summed E-state index contributed by atoms with van der Waals surface area (Å²) in [4.78, 5) is 0. The number of hydrogen-bond donors (Lipinski definition) is 1. The zero-order valence-electron chi connectivity index (χ0n) is 10.6. The van der Waals surface area contributed by atoms with E-state index in [9.17, 15) is 8.78 Å². The minimum absolute atomic E-state index is 0.0592. The summed E-state index contributed by atoms with van der Waals surface area (Å²) in [6.45, 7) is 1.77. The van der Waals surface area contributed by atoms with Crippen LogP contribution in [0.1, 0.15) is 24.1 Å². The first kappa shape index (κ1) is 13.5. The Morgan fingerprint density at radius 1 is 1.11 bits per heavy atom. The third-order valence-corrected chi connectivity index (χ3v) is 2.81. The third-order valence-electron chi connectivity index (χ3n) is 2.81. The standard InChI is InChI=1S/C15H15F2NO/c1-10(18)13-7-6-12(8-15(13)17)19-9-11-4-2-3-5-14(11)16/h2-8,10H,9,18H2,1H3. The van der Waals surface area contributed by atoms with Crippen LogP contribution in [0.25, 0.3) is 0 Å². The molecule has 2 aromatic carbocycles. The summed E-state index contributed by atoms with van der Waals surface area (Å²) in [5, 5.41) is 0. The van der Waals surface area contributed by atoms with Gasteiger partial charge in [0.05, 0.1) is 0 Å². The fourth-order valence-electron chi connectivity index (χ4n) is 1.74. The van der Waals surface area contributed by atoms with Crippen LogP contribution in [-0.2, 0) is 6.61 Å². The maximum absolute atomic E-state index is 13.7. The Morgan fingerprint density at radius 3 is 2.47 bits per heavy atom. The van der Waals surface area contributed by atoms with Gasteiger partial charge in [0.25, 0.3) is 0 Å². The van der Waals surface area contributed by atoms with Crippen molar-refractivity contribution in [3.05, 3.63) is 65.2 Å². The minimum Gasteiger partial charge on any atom is -0.489 e. The number of hydrogen-bond acceptors (Lipinski definition) is 2. The van der Waals surface area contributed by atoms with Gasteiger partial charge in [-0.2, -0.15) is 0 Å². The van der Waals surface area contributed by atoms with Gasteiger partial charge in [-0.05, 0) is 19.1 Å². The van der Waals surface area contributed by atoms with Crippen LogP contribution in [0.4, 0.5) is 8.78 Å². The van der Waals surface area contributed by atoms with Crippen molar-refractivity contribution in [2.24, 2.45) is 5.73 Å². The Morgan fingerprint density at radius 2 is 1.84 bits per heavy atom. The van der Waals surface area contributed by atoms with Gasteiger partial charge < -0.3 is 10.5 Å². The topological polar surface area (TPSA) is 35.2 Å². The summed E-state index contributed by atoms with van der Waals surface area (Å²) in [5.41, 5.74) is 6.48. The molecule has 0 saturated carbocycles. The van der Waals surface area contributed by atoms with Crippen LogP contribution in [0.3, 0.4) is 0 Å². The van der Waals surface area contributed by atoms with Crippen LogP contribution in [0.2, 0.25) is 0 Å². The molecule has 2 nitrogen and oxygen atoms in total. The molecule has 0 amide bonds. The predicted molar refractivity (Wildman–Crippen MR) is 69.7 cm³/mol. The van der Waals surface area contributed by atoms with Crippen molar-refractivity contribution in [3.63, 3.8) is 0 Å². The highest BCUT2D eigenvalue weighted by atomic mass is 19.1. The van der Waals surface area contributed by atoms with Crippen molar-refractivity contribution in [3.8, 4) is 5.75 Å². The lowest BCUT2D eigenvalue weighted by molar-refractivity contribution is 0.298. The largest absolute Gasteiger partial charge is 0.489 e. The third kappa shape index (κ3) is 3.29. The molecule has 0 heterocycles. The molecule has 2 N–H and O–H groups in total. The minimum atomic E-state index is -0.416. The van der Waals surface area contributed by atoms with Crippen LogP contribution in [0.5, 0.6) is 5.75 Å². The van der Waals surface area contributed by atoms with Gasteiger partial charge in [0.1, 0.15) is 24.0 Å². The summed E-state index contributed by atoms with van der Waals surface area (Å²) in [7, 11) is 0. The fourth-order valence-corrected chi connectivity index (χ4v) is 1.74. The van der Waals surface area contributed by atoms with Gasteiger partial charge in [-0.15, -0.1) is 0 Å². The quantitative estimate of drug-likeness (QED) is 0.915. The normalized spacial score (nSPS) is 12.2. The average Bonchev–Trinajstić information content (AvgIpc) is 2.37. The second-order valence-corrected chi connectivity index (χ2v) is 4.35. The highest BCUT2D eigenvalue weighted by Gasteiger charge is 2.08. The molecule has 2 rings (SSSR count). The first-order valence-electron chi connectivity index (χ1n) is 5.99. The van der Waals surface area contributed by atoms with Gasteiger partial charge in [0, 0.05) is 23.2 Å². The van der Waals surface area contributed by atoms with Crippen LogP contribution >= 0.6 is 0 Å². The van der Waals surface area contributed by atoms with E-state index >= 15 is 0 Å². The summed E-state index contributed by atoms with van der Waals surface area (Å²) >= 11 is 0. The summed E-state index contributed by atoms with van der Waals surface area (Å²) in [5.74, 6) is -0.402. The molecule has 19 heavy (non-hydrogen) atoms. The summed E-state index contributed by atoms with van der Waals surface area (Å²) in [6, 6.07) is 10.4. The Kier molecular flexibility index (Phi) is 4.12. The molecule has 0 bridgehead atoms. The maximum Gasteiger partial charge on any atom is 0.131 e. The Hall–Kier alpha value is -1.94. The molecule has 0 aliphatic rings. The molecule has 100 valence electrons. The van der Waals surface area contributed by atoms with Gasteiger partial charge >= 0.3 is 0 Å². The summed E-state index contributed by atoms with van der Waals surface area (Å²) < 4.78 is 32.4. The zero-order valence-corrected chi connectivity index (χ0v) is 10.6. The van der Waals surface area contributed by atoms with Crippen LogP contribution in [0, 0.1) is 11.6 Å². The second kappa shape index (κ2) is 5.80. The van der Waals surface area contributed by atoms with Crippen molar-refractivity contribution >= 4 is 0 Å². The highest BCUT2D eigenvalue weighted by Crippen LogP contribution is 2.21. The van der Waals surface area contributed by atoms with E-state index in [2.05, 4.69) is 0 Å². The molecule has 1 atom stereocenters. The lowest BCUT2D eigenvalue weighted by atomic mass is 10.1. The molecule has 0 spiro atoms. The summed E-state index contributed by atoms with van der Waals surface area (Å²) in [6.07, 6.45) is 0. The van der Waals surface area contributed by atoms with Crippen molar-refractivity contribution in [2.45, 2.75) is 19.6 Å². The van der Waals surface area contributed by atoms with Gasteiger partial charge in [-0.3, -0.25) is 0 Å². The average molecular weight is 263 g/mol. The fraction of sp³-hybridized carbons (Fsp3) is 0.200. The number of rotatable bonds is 4. The van der Waals surface area contributed by atoms with E-state index < -0.39 is 5.82 Å². The molecular formula is C15H15F2NO. The number of ether oxygens (including phenoxy) is 1. The molecular weight excluding hydrogens is 248 g/mol. The monoisotopic (exact) mass is 263 g/mol. The number of benzene rings is 2. The Labute approximate surface area is 110 Å². The lowest BCUT2D eigenvalue weighted by Crippen LogP contribution is -2.07. The van der Waals surface area contributed by atoms with Gasteiger partial charge in [-0.1, -0.05) is 24.3 Å². The molecule has 0 fully saturated rings. The van der Waals surface area contributed by atoms with E-state index in [-0.39, 0.29) is 18.5 Å². The van der Waals surface area contributed by atoms with Crippen LogP contribution in [-0.4, -0.2) is 0 Å². The molecule has 4 heteroatoms. The molecule has 1 unspecified atom stereocenters. The first-order valence-corrected chi connectivity index (χ1v) is 5.99. The molecule has 0 radical (unpaired) electrons. The van der Waals surface area contributed by atoms with Crippen molar-refractivity contribution in [2.75, 3.05) is 0 Å². The molecule has 0 aliphatic heterocycles. The molecule has 0 aromatic heterocycles. The van der Waals surface area contributed by atoms with E-state index in [4.69, 9.17) is 10.5 Å². The molecule has 0 saturated heterocycles. The van der Waals surface area contributed by atoms with E-state index in [0.29, 0.717) is 16.9 Å². The predicted octanol–water partition coefficient (Wildman–Crippen LogP) is 3.56. The Bertz CT molecular complexity index is 570. The van der Waals surface area contributed by atoms with E-state index in [0.717, 1.165) is 0 Å². The van der Waals surface area contributed by atoms with Gasteiger partial charge in [0.2, 0.25) is 0 Å². The maximum atomic E-state index is 13.7. The van der Waals surface area contributed by atoms with Crippen LogP contribution in [0.15, 0.2) is 42.5 Å². The van der Waals surface area contributed by atoms with Crippen LogP contribution < -0.4 is 10.5 Å². The van der Waals surface area contributed by atoms with Gasteiger partial charge in [-0.25, -0.2) is 8.78 Å².